The summed E-state index contributed by atoms with van der Waals surface area (Å²) in [5.41, 5.74) is 0.742. The molecule has 0 amide bonds. The van der Waals surface area contributed by atoms with Crippen molar-refractivity contribution in [2.45, 2.75) is 24.0 Å². The standard InChI is InChI=1S/C14H23NO5S/c1-11(9-19-2)20-10-13(16)8-15-12-4-6-14(7-5-12)21(3,17)18/h4-7,11,13,15-16H,8-10H2,1-3H3. The Morgan fingerprint density at radius 2 is 1.86 bits per heavy atom. The third-order valence-electron chi connectivity index (χ3n) is 2.80. The van der Waals surface area contributed by atoms with Crippen LogP contribution < -0.4 is 5.32 Å². The Morgan fingerprint density at radius 1 is 1.24 bits per heavy atom. The second-order valence-corrected chi connectivity index (χ2v) is 6.95. The van der Waals surface area contributed by atoms with Gasteiger partial charge in [-0.1, -0.05) is 0 Å². The Labute approximate surface area is 126 Å². The summed E-state index contributed by atoms with van der Waals surface area (Å²) < 4.78 is 33.0. The lowest BCUT2D eigenvalue weighted by molar-refractivity contribution is -0.0282. The highest BCUT2D eigenvalue weighted by molar-refractivity contribution is 7.90. The number of hydrogen-bond donors (Lipinski definition) is 2. The molecule has 0 aliphatic carbocycles. The van der Waals surface area contributed by atoms with E-state index in [0.29, 0.717) is 13.2 Å². The van der Waals surface area contributed by atoms with Crippen LogP contribution in [0.5, 0.6) is 0 Å². The zero-order valence-corrected chi connectivity index (χ0v) is 13.4. The summed E-state index contributed by atoms with van der Waals surface area (Å²) >= 11 is 0. The maximum Gasteiger partial charge on any atom is 0.175 e. The van der Waals surface area contributed by atoms with Gasteiger partial charge in [-0.05, 0) is 31.2 Å². The van der Waals surface area contributed by atoms with Gasteiger partial charge in [0, 0.05) is 25.6 Å². The van der Waals surface area contributed by atoms with Crippen molar-refractivity contribution >= 4 is 15.5 Å². The maximum atomic E-state index is 11.3. The molecule has 0 spiro atoms. The number of sulfone groups is 1. The molecule has 1 rings (SSSR count). The number of hydrogen-bond acceptors (Lipinski definition) is 6. The van der Waals surface area contributed by atoms with Crippen LogP contribution in [0, 0.1) is 0 Å². The summed E-state index contributed by atoms with van der Waals surface area (Å²) in [6, 6.07) is 6.39. The second-order valence-electron chi connectivity index (χ2n) is 4.93. The Hall–Kier alpha value is -1.15. The highest BCUT2D eigenvalue weighted by atomic mass is 32.2. The first-order chi connectivity index (χ1) is 9.82. The summed E-state index contributed by atoms with van der Waals surface area (Å²) in [5, 5.41) is 12.8. The molecular weight excluding hydrogens is 294 g/mol. The molecule has 21 heavy (non-hydrogen) atoms. The smallest absolute Gasteiger partial charge is 0.175 e. The van der Waals surface area contributed by atoms with E-state index < -0.39 is 15.9 Å². The number of ether oxygens (including phenoxy) is 2. The fourth-order valence-electron chi connectivity index (χ4n) is 1.67. The fourth-order valence-corrected chi connectivity index (χ4v) is 2.30. The van der Waals surface area contributed by atoms with Crippen LogP contribution in [0.3, 0.4) is 0 Å². The molecule has 0 aromatic heterocycles. The number of anilines is 1. The third-order valence-corrected chi connectivity index (χ3v) is 3.93. The van der Waals surface area contributed by atoms with Gasteiger partial charge in [0.05, 0.1) is 30.3 Å². The van der Waals surface area contributed by atoms with E-state index in [9.17, 15) is 13.5 Å². The Balaban J connectivity index is 2.38. The molecule has 0 fully saturated rings. The van der Waals surface area contributed by atoms with E-state index in [-0.39, 0.29) is 17.6 Å². The number of benzene rings is 1. The average Bonchev–Trinajstić information content (AvgIpc) is 2.43. The summed E-state index contributed by atoms with van der Waals surface area (Å²) in [5.74, 6) is 0. The topological polar surface area (TPSA) is 84.9 Å². The summed E-state index contributed by atoms with van der Waals surface area (Å²) in [4.78, 5) is 0.269. The largest absolute Gasteiger partial charge is 0.389 e. The average molecular weight is 317 g/mol. The number of nitrogens with one attached hydrogen (secondary N) is 1. The van der Waals surface area contributed by atoms with E-state index >= 15 is 0 Å². The predicted octanol–water partition coefficient (Wildman–Crippen LogP) is 0.914. The van der Waals surface area contributed by atoms with Crippen LogP contribution in [-0.2, 0) is 19.3 Å². The molecule has 120 valence electrons. The number of methoxy groups -OCH3 is 1. The molecule has 1 aromatic carbocycles. The molecule has 0 saturated carbocycles. The lowest BCUT2D eigenvalue weighted by Gasteiger charge is -2.16. The molecule has 7 heteroatoms. The van der Waals surface area contributed by atoms with Crippen LogP contribution in [0.4, 0.5) is 5.69 Å². The summed E-state index contributed by atoms with van der Waals surface area (Å²) in [7, 11) is -1.59. The van der Waals surface area contributed by atoms with Crippen LogP contribution >= 0.6 is 0 Å². The van der Waals surface area contributed by atoms with Gasteiger partial charge in [0.15, 0.2) is 9.84 Å². The molecule has 2 N–H and O–H groups in total. The molecule has 0 saturated heterocycles. The molecule has 1 aromatic rings. The Kier molecular flexibility index (Phi) is 7.10. The number of aliphatic hydroxyl groups is 1. The van der Waals surface area contributed by atoms with Gasteiger partial charge >= 0.3 is 0 Å². The molecule has 0 heterocycles. The van der Waals surface area contributed by atoms with Crippen molar-refractivity contribution < 1.29 is 23.0 Å². The zero-order valence-electron chi connectivity index (χ0n) is 12.6. The van der Waals surface area contributed by atoms with Crippen LogP contribution in [-0.4, -0.2) is 58.9 Å². The predicted molar refractivity (Wildman–Crippen MR) is 81.3 cm³/mol. The first-order valence-corrected chi connectivity index (χ1v) is 8.54. The van der Waals surface area contributed by atoms with Gasteiger partial charge in [-0.15, -0.1) is 0 Å². The Morgan fingerprint density at radius 3 is 2.38 bits per heavy atom. The van der Waals surface area contributed by atoms with E-state index in [1.807, 2.05) is 6.92 Å². The summed E-state index contributed by atoms with van der Waals surface area (Å²) in [6.07, 6.45) is 0.440. The lowest BCUT2D eigenvalue weighted by atomic mass is 10.3. The molecular formula is C14H23NO5S. The highest BCUT2D eigenvalue weighted by Crippen LogP contribution is 2.13. The van der Waals surface area contributed by atoms with Gasteiger partial charge in [0.2, 0.25) is 0 Å². The SMILES string of the molecule is COCC(C)OCC(O)CNc1ccc(S(C)(=O)=O)cc1. The minimum absolute atomic E-state index is 0.0707. The minimum Gasteiger partial charge on any atom is -0.389 e. The molecule has 0 aliphatic heterocycles. The van der Waals surface area contributed by atoms with Gasteiger partial charge < -0.3 is 19.9 Å². The van der Waals surface area contributed by atoms with Crippen molar-refractivity contribution in [1.82, 2.24) is 0 Å². The van der Waals surface area contributed by atoms with Gasteiger partial charge in [-0.25, -0.2) is 8.42 Å². The van der Waals surface area contributed by atoms with Crippen molar-refractivity contribution in [2.24, 2.45) is 0 Å². The third kappa shape index (κ3) is 6.90. The lowest BCUT2D eigenvalue weighted by Crippen LogP contribution is -2.28. The number of rotatable bonds is 9. The minimum atomic E-state index is -3.18. The first kappa shape index (κ1) is 17.9. The molecule has 2 atom stereocenters. The molecule has 0 bridgehead atoms. The van der Waals surface area contributed by atoms with E-state index in [2.05, 4.69) is 5.32 Å². The second kappa shape index (κ2) is 8.33. The summed E-state index contributed by atoms with van der Waals surface area (Å²) in [6.45, 7) is 2.87. The van der Waals surface area contributed by atoms with Crippen molar-refractivity contribution in [2.75, 3.05) is 38.4 Å². The van der Waals surface area contributed by atoms with E-state index in [0.717, 1.165) is 11.9 Å². The van der Waals surface area contributed by atoms with Crippen LogP contribution in [0.2, 0.25) is 0 Å². The van der Waals surface area contributed by atoms with E-state index in [1.54, 1.807) is 19.2 Å². The quantitative estimate of drug-likeness (QED) is 0.704. The highest BCUT2D eigenvalue weighted by Gasteiger charge is 2.09. The van der Waals surface area contributed by atoms with Crippen molar-refractivity contribution in [1.29, 1.82) is 0 Å². The fraction of sp³-hybridized carbons (Fsp3) is 0.571. The zero-order chi connectivity index (χ0) is 15.9. The van der Waals surface area contributed by atoms with Gasteiger partial charge in [0.25, 0.3) is 0 Å². The van der Waals surface area contributed by atoms with Crippen LogP contribution in [0.15, 0.2) is 29.2 Å². The normalized spacial score (nSPS) is 14.7. The van der Waals surface area contributed by atoms with Gasteiger partial charge in [0.1, 0.15) is 0 Å². The van der Waals surface area contributed by atoms with Crippen LogP contribution in [0.25, 0.3) is 0 Å². The molecule has 0 radical (unpaired) electrons. The van der Waals surface area contributed by atoms with Gasteiger partial charge in [-0.2, -0.15) is 0 Å². The molecule has 6 nitrogen and oxygen atoms in total. The maximum absolute atomic E-state index is 11.3. The number of aliphatic hydroxyl groups excluding tert-OH is 1. The van der Waals surface area contributed by atoms with E-state index in [1.165, 1.54) is 12.1 Å². The Bertz CT molecular complexity index is 515. The van der Waals surface area contributed by atoms with E-state index in [4.69, 9.17) is 9.47 Å². The first-order valence-electron chi connectivity index (χ1n) is 6.65. The monoisotopic (exact) mass is 317 g/mol. The van der Waals surface area contributed by atoms with Gasteiger partial charge in [-0.3, -0.25) is 0 Å². The van der Waals surface area contributed by atoms with Crippen molar-refractivity contribution in [3.63, 3.8) is 0 Å². The van der Waals surface area contributed by atoms with Crippen LogP contribution in [0.1, 0.15) is 6.92 Å². The van der Waals surface area contributed by atoms with Crippen molar-refractivity contribution in [3.05, 3.63) is 24.3 Å². The molecule has 2 unspecified atom stereocenters. The van der Waals surface area contributed by atoms with Crippen molar-refractivity contribution in [3.8, 4) is 0 Å². The molecule has 0 aliphatic rings.